The van der Waals surface area contributed by atoms with E-state index in [1.54, 1.807) is 12.1 Å². The third-order valence-electron chi connectivity index (χ3n) is 3.53. The van der Waals surface area contributed by atoms with Gasteiger partial charge in [-0.05, 0) is 30.3 Å². The normalized spacial score (nSPS) is 10.7. The van der Waals surface area contributed by atoms with Crippen LogP contribution in [0, 0.1) is 11.6 Å². The molecule has 134 valence electrons. The summed E-state index contributed by atoms with van der Waals surface area (Å²) in [6.07, 6.45) is 0.374. The first-order valence-corrected chi connectivity index (χ1v) is 9.12. The second-order valence-corrected chi connectivity index (χ2v) is 7.24. The molecular formula is C18H12BrF2NO3S. The van der Waals surface area contributed by atoms with Gasteiger partial charge in [0.15, 0.2) is 5.69 Å². The zero-order valence-corrected chi connectivity index (χ0v) is 15.6. The number of carboxylic acid groups (broad SMARTS) is 1. The number of halogens is 3. The molecule has 8 heteroatoms. The Morgan fingerprint density at radius 3 is 2.69 bits per heavy atom. The maximum atomic E-state index is 13.8. The summed E-state index contributed by atoms with van der Waals surface area (Å²) in [7, 11) is 0. The lowest BCUT2D eigenvalue weighted by Crippen LogP contribution is -2.02. The zero-order chi connectivity index (χ0) is 18.7. The number of aromatic nitrogens is 1. The number of nitrogens with zero attached hydrogens (tertiary/aromatic N) is 1. The lowest BCUT2D eigenvalue weighted by molar-refractivity contribution is 0.0691. The molecule has 0 aliphatic rings. The minimum atomic E-state index is -1.08. The number of ether oxygens (including phenoxy) is 1. The monoisotopic (exact) mass is 439 g/mol. The average molecular weight is 440 g/mol. The van der Waals surface area contributed by atoms with E-state index in [0.717, 1.165) is 16.1 Å². The lowest BCUT2D eigenvalue weighted by Gasteiger charge is -2.12. The van der Waals surface area contributed by atoms with E-state index in [9.17, 15) is 13.6 Å². The Kier molecular flexibility index (Phi) is 5.63. The molecule has 1 aromatic heterocycles. The highest BCUT2D eigenvalue weighted by molar-refractivity contribution is 9.10. The molecule has 26 heavy (non-hydrogen) atoms. The van der Waals surface area contributed by atoms with E-state index in [1.165, 1.54) is 28.8 Å². The smallest absolute Gasteiger partial charge is 0.355 e. The predicted octanol–water partition coefficient (Wildman–Crippen LogP) is 5.05. The second-order valence-electron chi connectivity index (χ2n) is 5.38. The standard InChI is InChI=1S/C18H12BrF2NO3S/c19-12-2-4-16(25-8-10-1-3-13(20)7-14(10)21)11(5-12)6-17-22-15(9-26-17)18(23)24/h1-5,7,9H,6,8H2,(H,23,24). The summed E-state index contributed by atoms with van der Waals surface area (Å²) in [6, 6.07) is 8.66. The molecule has 3 rings (SSSR count). The van der Waals surface area contributed by atoms with Crippen molar-refractivity contribution >= 4 is 33.2 Å². The maximum absolute atomic E-state index is 13.8. The molecule has 0 spiro atoms. The summed E-state index contributed by atoms with van der Waals surface area (Å²) >= 11 is 4.63. The van der Waals surface area contributed by atoms with E-state index >= 15 is 0 Å². The molecule has 0 fully saturated rings. The Morgan fingerprint density at radius 1 is 1.19 bits per heavy atom. The Labute approximate surface area is 160 Å². The van der Waals surface area contributed by atoms with Crippen LogP contribution >= 0.6 is 27.3 Å². The maximum Gasteiger partial charge on any atom is 0.355 e. The van der Waals surface area contributed by atoms with E-state index in [1.807, 2.05) is 6.07 Å². The molecule has 2 aromatic carbocycles. The number of hydrogen-bond acceptors (Lipinski definition) is 4. The van der Waals surface area contributed by atoms with E-state index in [-0.39, 0.29) is 17.9 Å². The number of rotatable bonds is 6. The van der Waals surface area contributed by atoms with Crippen LogP contribution < -0.4 is 4.74 Å². The van der Waals surface area contributed by atoms with Crippen LogP contribution in [0.1, 0.15) is 26.6 Å². The van der Waals surface area contributed by atoms with Gasteiger partial charge in [0, 0.05) is 33.5 Å². The third kappa shape index (κ3) is 4.44. The summed E-state index contributed by atoms with van der Waals surface area (Å²) in [4.78, 5) is 15.0. The fourth-order valence-electron chi connectivity index (χ4n) is 2.27. The van der Waals surface area contributed by atoms with Crippen LogP contribution in [0.2, 0.25) is 0 Å². The van der Waals surface area contributed by atoms with Crippen LogP contribution in [0.3, 0.4) is 0 Å². The van der Waals surface area contributed by atoms with Gasteiger partial charge < -0.3 is 9.84 Å². The lowest BCUT2D eigenvalue weighted by atomic mass is 10.1. The van der Waals surface area contributed by atoms with Gasteiger partial charge in [0.2, 0.25) is 0 Å². The highest BCUT2D eigenvalue weighted by atomic mass is 79.9. The molecule has 0 unspecified atom stereocenters. The Balaban J connectivity index is 1.79. The summed E-state index contributed by atoms with van der Waals surface area (Å²) < 4.78 is 33.3. The molecule has 0 bridgehead atoms. The first-order valence-electron chi connectivity index (χ1n) is 7.45. The van der Waals surface area contributed by atoms with Gasteiger partial charge in [0.05, 0.1) is 5.01 Å². The Hall–Kier alpha value is -2.32. The molecule has 0 atom stereocenters. The third-order valence-corrected chi connectivity index (χ3v) is 4.88. The predicted molar refractivity (Wildman–Crippen MR) is 96.7 cm³/mol. The highest BCUT2D eigenvalue weighted by Gasteiger charge is 2.13. The number of thiazole rings is 1. The minimum Gasteiger partial charge on any atom is -0.489 e. The quantitative estimate of drug-likeness (QED) is 0.583. The summed E-state index contributed by atoms with van der Waals surface area (Å²) in [5.74, 6) is -1.88. The topological polar surface area (TPSA) is 59.4 Å². The average Bonchev–Trinajstić information content (AvgIpc) is 3.04. The number of benzene rings is 2. The summed E-state index contributed by atoms with van der Waals surface area (Å²) in [5, 5.41) is 11.1. The Bertz CT molecular complexity index is 961. The molecule has 0 amide bonds. The van der Waals surface area contributed by atoms with Gasteiger partial charge >= 0.3 is 5.97 Å². The van der Waals surface area contributed by atoms with Gasteiger partial charge in [0.25, 0.3) is 0 Å². The van der Waals surface area contributed by atoms with Gasteiger partial charge in [-0.1, -0.05) is 15.9 Å². The van der Waals surface area contributed by atoms with E-state index in [0.29, 0.717) is 17.2 Å². The molecular weight excluding hydrogens is 428 g/mol. The van der Waals surface area contributed by atoms with Crippen molar-refractivity contribution in [3.8, 4) is 5.75 Å². The molecule has 1 N–H and O–H groups in total. The SMILES string of the molecule is O=C(O)c1csc(Cc2cc(Br)ccc2OCc2ccc(F)cc2F)n1. The highest BCUT2D eigenvalue weighted by Crippen LogP contribution is 2.28. The molecule has 4 nitrogen and oxygen atoms in total. The largest absolute Gasteiger partial charge is 0.489 e. The van der Waals surface area contributed by atoms with Crippen LogP contribution in [0.5, 0.6) is 5.75 Å². The van der Waals surface area contributed by atoms with Gasteiger partial charge in [-0.3, -0.25) is 0 Å². The molecule has 3 aromatic rings. The molecule has 0 aliphatic heterocycles. The number of hydrogen-bond donors (Lipinski definition) is 1. The van der Waals surface area contributed by atoms with E-state index in [2.05, 4.69) is 20.9 Å². The van der Waals surface area contributed by atoms with Crippen molar-refractivity contribution in [2.45, 2.75) is 13.0 Å². The van der Waals surface area contributed by atoms with Crippen LogP contribution in [0.15, 0.2) is 46.3 Å². The fourth-order valence-corrected chi connectivity index (χ4v) is 3.47. The van der Waals surface area contributed by atoms with Gasteiger partial charge in [-0.2, -0.15) is 0 Å². The zero-order valence-electron chi connectivity index (χ0n) is 13.2. The van der Waals surface area contributed by atoms with Crippen molar-refractivity contribution in [3.05, 3.63) is 79.7 Å². The van der Waals surface area contributed by atoms with Gasteiger partial charge in [0.1, 0.15) is 24.0 Å². The van der Waals surface area contributed by atoms with E-state index < -0.39 is 17.6 Å². The first-order chi connectivity index (χ1) is 12.4. The second kappa shape index (κ2) is 7.92. The number of carboxylic acids is 1. The van der Waals surface area contributed by atoms with Crippen molar-refractivity contribution in [1.29, 1.82) is 0 Å². The molecule has 0 radical (unpaired) electrons. The van der Waals surface area contributed by atoms with Gasteiger partial charge in [-0.25, -0.2) is 18.6 Å². The van der Waals surface area contributed by atoms with Crippen molar-refractivity contribution in [2.24, 2.45) is 0 Å². The fraction of sp³-hybridized carbons (Fsp3) is 0.111. The molecule has 1 heterocycles. The first kappa shape index (κ1) is 18.5. The number of aromatic carboxylic acids is 1. The Morgan fingerprint density at radius 2 is 2.00 bits per heavy atom. The van der Waals surface area contributed by atoms with Crippen LogP contribution in [-0.2, 0) is 13.0 Å². The van der Waals surface area contributed by atoms with Crippen LogP contribution in [0.25, 0.3) is 0 Å². The van der Waals surface area contributed by atoms with Gasteiger partial charge in [-0.15, -0.1) is 11.3 Å². The summed E-state index contributed by atoms with van der Waals surface area (Å²) in [5.41, 5.74) is 1.01. The summed E-state index contributed by atoms with van der Waals surface area (Å²) in [6.45, 7) is -0.0566. The van der Waals surface area contributed by atoms with Crippen LogP contribution in [-0.4, -0.2) is 16.1 Å². The van der Waals surface area contributed by atoms with Crippen molar-refractivity contribution in [2.75, 3.05) is 0 Å². The molecule has 0 saturated carbocycles. The van der Waals surface area contributed by atoms with Crippen LogP contribution in [0.4, 0.5) is 8.78 Å². The molecule has 0 saturated heterocycles. The molecule has 0 aliphatic carbocycles. The van der Waals surface area contributed by atoms with Crippen molar-refractivity contribution < 1.29 is 23.4 Å². The number of carbonyl (C=O) groups is 1. The minimum absolute atomic E-state index is 0.00384. The van der Waals surface area contributed by atoms with E-state index in [4.69, 9.17) is 9.84 Å². The van der Waals surface area contributed by atoms with Crippen molar-refractivity contribution in [3.63, 3.8) is 0 Å². The van der Waals surface area contributed by atoms with Crippen molar-refractivity contribution in [1.82, 2.24) is 4.98 Å².